The average Bonchev–Trinajstić information content (AvgIpc) is 3.60. The number of nitrogens with one attached hydrogen (secondary N) is 1. The molecule has 2 aliphatic rings. The van der Waals surface area contributed by atoms with Crippen molar-refractivity contribution < 1.29 is 23.8 Å². The maximum absolute atomic E-state index is 12.8. The Balaban J connectivity index is 1.14. The maximum atomic E-state index is 12.8. The number of aryl methyl sites for hydroxylation is 1. The predicted octanol–water partition coefficient (Wildman–Crippen LogP) is 3.94. The quantitative estimate of drug-likeness (QED) is 0.439. The summed E-state index contributed by atoms with van der Waals surface area (Å²) in [7, 11) is 1.95. The number of carbonyl (C=O) groups is 1. The van der Waals surface area contributed by atoms with Crippen LogP contribution in [0.15, 0.2) is 53.1 Å². The van der Waals surface area contributed by atoms with E-state index in [4.69, 9.17) is 13.9 Å². The van der Waals surface area contributed by atoms with Gasteiger partial charge in [-0.25, -0.2) is 0 Å². The number of furan rings is 1. The van der Waals surface area contributed by atoms with Crippen molar-refractivity contribution in [1.82, 2.24) is 14.7 Å². The number of nitrogens with zero attached hydrogens (tertiary/aromatic N) is 3. The fourth-order valence-electron chi connectivity index (χ4n) is 4.92. The highest BCUT2D eigenvalue weighted by atomic mass is 16.7. The molecule has 186 valence electrons. The minimum Gasteiger partial charge on any atom is -0.454 e. The molecule has 0 spiro atoms. The van der Waals surface area contributed by atoms with Gasteiger partial charge < -0.3 is 24.3 Å². The number of piperidine rings is 1. The Morgan fingerprint density at radius 1 is 1.11 bits per heavy atom. The van der Waals surface area contributed by atoms with Crippen LogP contribution in [0, 0.1) is 6.92 Å². The smallest absolute Gasteiger partial charge is 0.291 e. The maximum Gasteiger partial charge on any atom is 0.291 e. The molecule has 2 aliphatic heterocycles. The highest BCUT2D eigenvalue weighted by Gasteiger charge is 2.34. The summed E-state index contributed by atoms with van der Waals surface area (Å²) < 4.78 is 18.4. The van der Waals surface area contributed by atoms with Crippen molar-refractivity contribution in [2.75, 3.05) is 25.2 Å². The number of likely N-dealkylation sites (tertiary alicyclic amines) is 1. The lowest BCUT2D eigenvalue weighted by atomic mass is 9.84. The lowest BCUT2D eigenvalue weighted by molar-refractivity contribution is -0.0276. The van der Waals surface area contributed by atoms with E-state index in [9.17, 15) is 9.90 Å². The zero-order valence-corrected chi connectivity index (χ0v) is 20.3. The molecule has 0 atom stereocenters. The Morgan fingerprint density at radius 3 is 2.69 bits per heavy atom. The number of hydrogen-bond donors (Lipinski definition) is 2. The van der Waals surface area contributed by atoms with E-state index in [1.165, 1.54) is 11.3 Å². The summed E-state index contributed by atoms with van der Waals surface area (Å²) in [6.07, 6.45) is 3.18. The first-order chi connectivity index (χ1) is 17.4. The third-order valence-electron chi connectivity index (χ3n) is 7.32. The molecule has 0 aliphatic carbocycles. The molecule has 9 heteroatoms. The van der Waals surface area contributed by atoms with Gasteiger partial charge in [0, 0.05) is 55.1 Å². The first-order valence-electron chi connectivity index (χ1n) is 12.1. The number of fused-ring (bicyclic) bond motifs is 2. The van der Waals surface area contributed by atoms with E-state index in [0.717, 1.165) is 30.6 Å². The minimum absolute atomic E-state index is 0.174. The van der Waals surface area contributed by atoms with Gasteiger partial charge in [0.05, 0.1) is 11.8 Å². The van der Waals surface area contributed by atoms with Crippen LogP contribution >= 0.6 is 0 Å². The molecular weight excluding hydrogens is 460 g/mol. The van der Waals surface area contributed by atoms with Crippen molar-refractivity contribution in [1.29, 1.82) is 0 Å². The number of aromatic nitrogens is 2. The molecule has 0 unspecified atom stereocenters. The van der Waals surface area contributed by atoms with Crippen LogP contribution in [-0.2, 0) is 19.2 Å². The Morgan fingerprint density at radius 2 is 1.92 bits per heavy atom. The van der Waals surface area contributed by atoms with Gasteiger partial charge in [-0.15, -0.1) is 0 Å². The van der Waals surface area contributed by atoms with Gasteiger partial charge in [-0.3, -0.25) is 14.4 Å². The topological polar surface area (TPSA) is 102 Å². The van der Waals surface area contributed by atoms with E-state index in [1.54, 1.807) is 24.3 Å². The third-order valence-corrected chi connectivity index (χ3v) is 7.32. The van der Waals surface area contributed by atoms with E-state index >= 15 is 0 Å². The molecule has 2 aromatic heterocycles. The zero-order chi connectivity index (χ0) is 24.9. The Bertz CT molecular complexity index is 1450. The van der Waals surface area contributed by atoms with Crippen LogP contribution in [0.5, 0.6) is 11.5 Å². The molecule has 1 saturated heterocycles. The lowest BCUT2D eigenvalue weighted by Gasteiger charge is -2.38. The van der Waals surface area contributed by atoms with Gasteiger partial charge in [0.2, 0.25) is 6.79 Å². The molecule has 36 heavy (non-hydrogen) atoms. The Labute approximate surface area is 208 Å². The second-order valence-corrected chi connectivity index (χ2v) is 9.57. The third kappa shape index (κ3) is 4.10. The standard InChI is InChI=1S/C27H28N4O5/c1-17-19(14-28-30(17)2)15-31-9-7-27(33,8-10-31)20-3-5-22-18(11-20)12-25(36-22)26(32)29-21-4-6-23-24(13-21)35-16-34-23/h3-6,11-14,33H,7-10,15-16H2,1-2H3,(H,29,32). The van der Waals surface area contributed by atoms with E-state index in [1.807, 2.05) is 36.1 Å². The molecular formula is C27H28N4O5. The molecule has 0 radical (unpaired) electrons. The van der Waals surface area contributed by atoms with Crippen LogP contribution in [0.3, 0.4) is 0 Å². The van der Waals surface area contributed by atoms with Crippen molar-refractivity contribution in [3.05, 3.63) is 71.2 Å². The highest BCUT2D eigenvalue weighted by Crippen LogP contribution is 2.36. The summed E-state index contributed by atoms with van der Waals surface area (Å²) in [5.74, 6) is 1.09. The molecule has 0 bridgehead atoms. The van der Waals surface area contributed by atoms with Crippen molar-refractivity contribution in [3.63, 3.8) is 0 Å². The molecule has 4 aromatic rings. The van der Waals surface area contributed by atoms with E-state index in [2.05, 4.69) is 22.2 Å². The first kappa shape index (κ1) is 22.6. The van der Waals surface area contributed by atoms with Crippen molar-refractivity contribution >= 4 is 22.6 Å². The highest BCUT2D eigenvalue weighted by molar-refractivity contribution is 6.04. The predicted molar refractivity (Wildman–Crippen MR) is 133 cm³/mol. The summed E-state index contributed by atoms with van der Waals surface area (Å²) in [6.45, 7) is 4.66. The minimum atomic E-state index is -0.916. The molecule has 1 fully saturated rings. The lowest BCUT2D eigenvalue weighted by Crippen LogP contribution is -2.42. The van der Waals surface area contributed by atoms with E-state index in [-0.39, 0.29) is 18.5 Å². The number of rotatable bonds is 5. The number of hydrogen-bond acceptors (Lipinski definition) is 7. The molecule has 1 amide bonds. The second kappa shape index (κ2) is 8.69. The van der Waals surface area contributed by atoms with Crippen LogP contribution in [0.2, 0.25) is 0 Å². The van der Waals surface area contributed by atoms with Crippen LogP contribution < -0.4 is 14.8 Å². The fourth-order valence-corrected chi connectivity index (χ4v) is 4.92. The van der Waals surface area contributed by atoms with E-state index in [0.29, 0.717) is 35.6 Å². The molecule has 4 heterocycles. The normalized spacial score (nSPS) is 17.0. The summed E-state index contributed by atoms with van der Waals surface area (Å²) in [4.78, 5) is 15.2. The van der Waals surface area contributed by atoms with Crippen LogP contribution in [0.25, 0.3) is 11.0 Å². The summed E-state index contributed by atoms with van der Waals surface area (Å²) in [5.41, 5.74) is 3.50. The van der Waals surface area contributed by atoms with Gasteiger partial charge in [-0.05, 0) is 55.7 Å². The van der Waals surface area contributed by atoms with Crippen LogP contribution in [0.1, 0.15) is 40.2 Å². The molecule has 0 saturated carbocycles. The SMILES string of the molecule is Cc1c(CN2CCC(O)(c3ccc4oc(C(=O)Nc5ccc6c(c5)OCO6)cc4c3)CC2)cnn1C. The Kier molecular flexibility index (Phi) is 5.46. The fraction of sp³-hybridized carbons (Fsp3) is 0.333. The largest absolute Gasteiger partial charge is 0.454 e. The summed E-state index contributed by atoms with van der Waals surface area (Å²) >= 11 is 0. The number of carbonyl (C=O) groups excluding carboxylic acids is 1. The van der Waals surface area contributed by atoms with Crippen molar-refractivity contribution in [3.8, 4) is 11.5 Å². The zero-order valence-electron chi connectivity index (χ0n) is 20.3. The summed E-state index contributed by atoms with van der Waals surface area (Å²) in [5, 5.41) is 19.4. The number of aliphatic hydroxyl groups is 1. The second-order valence-electron chi connectivity index (χ2n) is 9.57. The van der Waals surface area contributed by atoms with Crippen LogP contribution in [0.4, 0.5) is 5.69 Å². The van der Waals surface area contributed by atoms with Gasteiger partial charge in [0.1, 0.15) is 5.58 Å². The van der Waals surface area contributed by atoms with E-state index < -0.39 is 5.60 Å². The Hall–Kier alpha value is -3.82. The number of anilines is 1. The van der Waals surface area contributed by atoms with Crippen molar-refractivity contribution in [2.24, 2.45) is 7.05 Å². The molecule has 2 N–H and O–H groups in total. The average molecular weight is 489 g/mol. The van der Waals surface area contributed by atoms with Crippen molar-refractivity contribution in [2.45, 2.75) is 31.9 Å². The van der Waals surface area contributed by atoms with Gasteiger partial charge in [0.25, 0.3) is 5.91 Å². The number of amides is 1. The number of benzene rings is 2. The van der Waals surface area contributed by atoms with Crippen LogP contribution in [-0.4, -0.2) is 45.6 Å². The van der Waals surface area contributed by atoms with Gasteiger partial charge in [0.15, 0.2) is 17.3 Å². The molecule has 6 rings (SSSR count). The van der Waals surface area contributed by atoms with Gasteiger partial charge in [-0.1, -0.05) is 6.07 Å². The van der Waals surface area contributed by atoms with Gasteiger partial charge in [-0.2, -0.15) is 5.10 Å². The monoisotopic (exact) mass is 488 g/mol. The molecule has 2 aromatic carbocycles. The molecule has 9 nitrogen and oxygen atoms in total. The number of ether oxygens (including phenoxy) is 2. The van der Waals surface area contributed by atoms with Gasteiger partial charge >= 0.3 is 0 Å². The summed E-state index contributed by atoms with van der Waals surface area (Å²) in [6, 6.07) is 12.6. The first-order valence-corrected chi connectivity index (χ1v) is 12.1.